The van der Waals surface area contributed by atoms with Crippen molar-refractivity contribution in [2.45, 2.75) is 39.8 Å². The van der Waals surface area contributed by atoms with E-state index >= 15 is 0 Å². The van der Waals surface area contributed by atoms with Crippen molar-refractivity contribution in [3.05, 3.63) is 59.7 Å². The lowest BCUT2D eigenvalue weighted by atomic mass is 10.1. The number of nitrogens with one attached hydrogen (secondary N) is 1. The van der Waals surface area contributed by atoms with E-state index in [0.29, 0.717) is 13.1 Å². The summed E-state index contributed by atoms with van der Waals surface area (Å²) in [7, 11) is 0. The molecule has 0 unspecified atom stereocenters. The molecule has 2 amide bonds. The van der Waals surface area contributed by atoms with E-state index in [4.69, 9.17) is 4.74 Å². The minimum atomic E-state index is -0.338. The van der Waals surface area contributed by atoms with Crippen molar-refractivity contribution in [1.82, 2.24) is 5.32 Å². The number of anilines is 1. The summed E-state index contributed by atoms with van der Waals surface area (Å²) in [5.74, 6) is 0.332. The lowest BCUT2D eigenvalue weighted by molar-refractivity contribution is -0.126. The van der Waals surface area contributed by atoms with Gasteiger partial charge >= 0.3 is 0 Å². The van der Waals surface area contributed by atoms with Crippen LogP contribution >= 0.6 is 0 Å². The topological polar surface area (TPSA) is 58.6 Å². The number of amides is 2. The van der Waals surface area contributed by atoms with Crippen molar-refractivity contribution in [1.29, 1.82) is 0 Å². The highest BCUT2D eigenvalue weighted by Gasteiger charge is 2.35. The second-order valence-electron chi connectivity index (χ2n) is 7.18. The molecular formula is C22H26N2O3. The van der Waals surface area contributed by atoms with Crippen LogP contribution in [-0.2, 0) is 16.1 Å². The Hall–Kier alpha value is -2.82. The maximum atomic E-state index is 12.6. The van der Waals surface area contributed by atoms with Crippen LogP contribution in [0.3, 0.4) is 0 Å². The van der Waals surface area contributed by atoms with Gasteiger partial charge in [-0.15, -0.1) is 0 Å². The molecule has 2 aromatic rings. The predicted molar refractivity (Wildman–Crippen MR) is 106 cm³/mol. The van der Waals surface area contributed by atoms with Gasteiger partial charge in [-0.2, -0.15) is 0 Å². The normalized spacial score (nSPS) is 16.7. The van der Waals surface area contributed by atoms with Gasteiger partial charge in [0, 0.05) is 30.8 Å². The van der Waals surface area contributed by atoms with Gasteiger partial charge < -0.3 is 15.0 Å². The highest BCUT2D eigenvalue weighted by molar-refractivity contribution is 6.00. The monoisotopic (exact) mass is 366 g/mol. The molecule has 5 nitrogen and oxygen atoms in total. The van der Waals surface area contributed by atoms with Crippen molar-refractivity contribution in [3.63, 3.8) is 0 Å². The molecule has 1 aliphatic heterocycles. The molecule has 1 aliphatic rings. The van der Waals surface area contributed by atoms with Gasteiger partial charge in [0.1, 0.15) is 5.75 Å². The van der Waals surface area contributed by atoms with Gasteiger partial charge in [-0.25, -0.2) is 0 Å². The van der Waals surface area contributed by atoms with Crippen LogP contribution in [0.25, 0.3) is 0 Å². The lowest BCUT2D eigenvalue weighted by Gasteiger charge is -2.19. The number of hydrogen-bond acceptors (Lipinski definition) is 3. The Balaban J connectivity index is 1.63. The third-order valence-corrected chi connectivity index (χ3v) is 4.69. The molecule has 3 rings (SSSR count). The van der Waals surface area contributed by atoms with Gasteiger partial charge in [0.05, 0.1) is 12.0 Å². The zero-order valence-electron chi connectivity index (χ0n) is 16.1. The van der Waals surface area contributed by atoms with E-state index in [0.717, 1.165) is 22.6 Å². The first kappa shape index (κ1) is 19.0. The molecule has 1 N–H and O–H groups in total. The standard InChI is InChI=1S/C22H26N2O3/c1-15(2)27-20-11-7-5-9-17(20)13-23-22(26)18-12-21(25)24(14-18)19-10-6-4-8-16(19)3/h4-11,15,18H,12-14H2,1-3H3,(H,23,26)/t18-/m0/s1. The number of para-hydroxylation sites is 2. The van der Waals surface area contributed by atoms with E-state index in [1.807, 2.05) is 69.3 Å². The van der Waals surface area contributed by atoms with Crippen molar-refractivity contribution >= 4 is 17.5 Å². The van der Waals surface area contributed by atoms with E-state index < -0.39 is 0 Å². The smallest absolute Gasteiger partial charge is 0.227 e. The molecule has 27 heavy (non-hydrogen) atoms. The molecule has 1 saturated heterocycles. The fourth-order valence-corrected chi connectivity index (χ4v) is 3.33. The Morgan fingerprint density at radius 1 is 1.19 bits per heavy atom. The number of benzene rings is 2. The molecule has 142 valence electrons. The first-order chi connectivity index (χ1) is 13.0. The molecule has 1 atom stereocenters. The summed E-state index contributed by atoms with van der Waals surface area (Å²) in [4.78, 5) is 26.8. The van der Waals surface area contributed by atoms with E-state index in [1.165, 1.54) is 0 Å². The van der Waals surface area contributed by atoms with Crippen LogP contribution in [-0.4, -0.2) is 24.5 Å². The van der Waals surface area contributed by atoms with Crippen molar-refractivity contribution in [2.75, 3.05) is 11.4 Å². The average molecular weight is 366 g/mol. The first-order valence-corrected chi connectivity index (χ1v) is 9.34. The SMILES string of the molecule is Cc1ccccc1N1C[C@@H](C(=O)NCc2ccccc2OC(C)C)CC1=O. The van der Waals surface area contributed by atoms with Crippen molar-refractivity contribution in [2.24, 2.45) is 5.92 Å². The van der Waals surface area contributed by atoms with Crippen molar-refractivity contribution < 1.29 is 14.3 Å². The van der Waals surface area contributed by atoms with Gasteiger partial charge in [0.15, 0.2) is 0 Å². The minimum Gasteiger partial charge on any atom is -0.491 e. The Morgan fingerprint density at radius 3 is 2.63 bits per heavy atom. The van der Waals surface area contributed by atoms with Crippen LogP contribution in [0.5, 0.6) is 5.75 Å². The molecule has 0 bridgehead atoms. The Morgan fingerprint density at radius 2 is 1.89 bits per heavy atom. The van der Waals surface area contributed by atoms with Gasteiger partial charge in [-0.1, -0.05) is 36.4 Å². The first-order valence-electron chi connectivity index (χ1n) is 9.34. The summed E-state index contributed by atoms with van der Waals surface area (Å²) >= 11 is 0. The third-order valence-electron chi connectivity index (χ3n) is 4.69. The van der Waals surface area contributed by atoms with Crippen LogP contribution in [0.4, 0.5) is 5.69 Å². The van der Waals surface area contributed by atoms with E-state index in [-0.39, 0.29) is 30.3 Å². The molecule has 0 saturated carbocycles. The molecule has 1 fully saturated rings. The highest BCUT2D eigenvalue weighted by atomic mass is 16.5. The molecule has 0 spiro atoms. The quantitative estimate of drug-likeness (QED) is 0.852. The number of ether oxygens (including phenoxy) is 1. The maximum Gasteiger partial charge on any atom is 0.227 e. The van der Waals surface area contributed by atoms with Crippen LogP contribution in [0.15, 0.2) is 48.5 Å². The molecular weight excluding hydrogens is 340 g/mol. The highest BCUT2D eigenvalue weighted by Crippen LogP contribution is 2.28. The Bertz CT molecular complexity index is 832. The molecule has 0 radical (unpaired) electrons. The molecule has 1 heterocycles. The van der Waals surface area contributed by atoms with Crippen LogP contribution in [0, 0.1) is 12.8 Å². The fraction of sp³-hybridized carbons (Fsp3) is 0.364. The second kappa shape index (κ2) is 8.25. The second-order valence-corrected chi connectivity index (χ2v) is 7.18. The predicted octanol–water partition coefficient (Wildman–Crippen LogP) is 3.45. The fourth-order valence-electron chi connectivity index (χ4n) is 3.33. The number of carbonyl (C=O) groups excluding carboxylic acids is 2. The van der Waals surface area contributed by atoms with E-state index in [2.05, 4.69) is 5.32 Å². The number of rotatable bonds is 6. The minimum absolute atomic E-state index is 0.00649. The maximum absolute atomic E-state index is 12.6. The number of aryl methyl sites for hydroxylation is 1. The van der Waals surface area contributed by atoms with E-state index in [9.17, 15) is 9.59 Å². The average Bonchev–Trinajstić information content (AvgIpc) is 3.02. The Kier molecular flexibility index (Phi) is 5.79. The Labute approximate surface area is 160 Å². The molecule has 0 aromatic heterocycles. The summed E-state index contributed by atoms with van der Waals surface area (Å²) in [6.07, 6.45) is 0.307. The zero-order valence-corrected chi connectivity index (χ0v) is 16.1. The summed E-state index contributed by atoms with van der Waals surface area (Å²) in [6, 6.07) is 15.4. The van der Waals surface area contributed by atoms with Gasteiger partial charge in [-0.3, -0.25) is 9.59 Å². The molecule has 0 aliphatic carbocycles. The van der Waals surface area contributed by atoms with Crippen LogP contribution < -0.4 is 15.0 Å². The molecule has 2 aromatic carbocycles. The summed E-state index contributed by atoms with van der Waals surface area (Å²) in [5.41, 5.74) is 2.85. The van der Waals surface area contributed by atoms with Crippen molar-refractivity contribution in [3.8, 4) is 5.75 Å². The number of carbonyl (C=O) groups is 2. The zero-order chi connectivity index (χ0) is 19.4. The van der Waals surface area contributed by atoms with Gasteiger partial charge in [0.25, 0.3) is 0 Å². The van der Waals surface area contributed by atoms with E-state index in [1.54, 1.807) is 4.90 Å². The lowest BCUT2D eigenvalue weighted by Crippen LogP contribution is -2.33. The largest absolute Gasteiger partial charge is 0.491 e. The van der Waals surface area contributed by atoms with Gasteiger partial charge in [0.2, 0.25) is 11.8 Å². The number of hydrogen-bond donors (Lipinski definition) is 1. The van der Waals surface area contributed by atoms with Gasteiger partial charge in [-0.05, 0) is 38.5 Å². The number of nitrogens with zero attached hydrogens (tertiary/aromatic N) is 1. The summed E-state index contributed by atoms with van der Waals surface area (Å²) < 4.78 is 5.79. The van der Waals surface area contributed by atoms with Crippen LogP contribution in [0.1, 0.15) is 31.4 Å². The summed E-state index contributed by atoms with van der Waals surface area (Å²) in [5, 5.41) is 2.96. The molecule has 5 heteroatoms. The van der Waals surface area contributed by atoms with Crippen LogP contribution in [0.2, 0.25) is 0 Å². The third kappa shape index (κ3) is 4.48. The summed E-state index contributed by atoms with van der Waals surface area (Å²) in [6.45, 7) is 6.72.